The van der Waals surface area contributed by atoms with Crippen molar-refractivity contribution in [2.24, 2.45) is 0 Å². The third kappa shape index (κ3) is 3.96. The number of carbonyl (C=O) groups is 2. The molecule has 1 fully saturated rings. The summed E-state index contributed by atoms with van der Waals surface area (Å²) in [5.74, 6) is -0.0138. The first kappa shape index (κ1) is 18.2. The van der Waals surface area contributed by atoms with Gasteiger partial charge in [-0.15, -0.1) is 0 Å². The predicted octanol–water partition coefficient (Wildman–Crippen LogP) is 0.330. The predicted molar refractivity (Wildman–Crippen MR) is 91.5 cm³/mol. The van der Waals surface area contributed by atoms with Gasteiger partial charge in [0.1, 0.15) is 24.6 Å². The number of ether oxygens (including phenoxy) is 2. The fourth-order valence-electron chi connectivity index (χ4n) is 3.02. The molecule has 8 nitrogen and oxygen atoms in total. The van der Waals surface area contributed by atoms with Crippen molar-refractivity contribution in [3.8, 4) is 0 Å². The van der Waals surface area contributed by atoms with Crippen molar-refractivity contribution in [1.82, 2.24) is 15.2 Å². The minimum Gasteiger partial charge on any atom is -0.491 e. The Balaban J connectivity index is 1.54. The van der Waals surface area contributed by atoms with Gasteiger partial charge in [-0.2, -0.15) is 0 Å². The zero-order valence-electron chi connectivity index (χ0n) is 14.7. The van der Waals surface area contributed by atoms with Gasteiger partial charge in [0.15, 0.2) is 0 Å². The van der Waals surface area contributed by atoms with Crippen LogP contribution in [-0.2, 0) is 25.6 Å². The molecule has 2 aliphatic rings. The zero-order valence-corrected chi connectivity index (χ0v) is 14.7. The largest absolute Gasteiger partial charge is 0.491 e. The van der Waals surface area contributed by atoms with Crippen LogP contribution in [0.4, 0.5) is 0 Å². The van der Waals surface area contributed by atoms with Gasteiger partial charge in [0.25, 0.3) is 11.8 Å². The summed E-state index contributed by atoms with van der Waals surface area (Å²) in [6.07, 6.45) is 3.66. The van der Waals surface area contributed by atoms with Crippen molar-refractivity contribution in [2.45, 2.75) is 31.9 Å². The SMILES string of the molecule is CC1=C(C(=O)N2CCC(O)(C(=O)NCc3cccnc3)CC2)OCCO1. The zero-order chi connectivity index (χ0) is 18.6. The Hall–Kier alpha value is -2.61. The number of piperidine rings is 1. The molecular weight excluding hydrogens is 338 g/mol. The van der Waals surface area contributed by atoms with E-state index in [0.29, 0.717) is 25.5 Å². The molecule has 0 unspecified atom stereocenters. The van der Waals surface area contributed by atoms with E-state index in [9.17, 15) is 14.7 Å². The summed E-state index contributed by atoms with van der Waals surface area (Å²) in [6.45, 7) is 3.31. The highest BCUT2D eigenvalue weighted by Crippen LogP contribution is 2.25. The van der Waals surface area contributed by atoms with Crippen molar-refractivity contribution in [3.05, 3.63) is 41.6 Å². The highest BCUT2D eigenvalue weighted by molar-refractivity contribution is 5.92. The molecule has 2 aliphatic heterocycles. The fraction of sp³-hybridized carbons (Fsp3) is 0.500. The molecule has 2 amide bonds. The van der Waals surface area contributed by atoms with Crippen molar-refractivity contribution < 1.29 is 24.2 Å². The lowest BCUT2D eigenvalue weighted by Gasteiger charge is -2.37. The number of pyridine rings is 1. The number of aromatic nitrogens is 1. The normalized spacial score (nSPS) is 19.4. The van der Waals surface area contributed by atoms with Gasteiger partial charge in [0.05, 0.1) is 0 Å². The number of aliphatic hydroxyl groups is 1. The third-order valence-electron chi connectivity index (χ3n) is 4.64. The van der Waals surface area contributed by atoms with E-state index in [1.165, 1.54) is 0 Å². The second-order valence-electron chi connectivity index (χ2n) is 6.45. The van der Waals surface area contributed by atoms with E-state index in [4.69, 9.17) is 9.47 Å². The Kier molecular flexibility index (Phi) is 5.41. The highest BCUT2D eigenvalue weighted by atomic mass is 16.6. The molecule has 26 heavy (non-hydrogen) atoms. The molecule has 0 atom stereocenters. The van der Waals surface area contributed by atoms with Crippen molar-refractivity contribution in [1.29, 1.82) is 0 Å². The van der Waals surface area contributed by atoms with Crippen LogP contribution in [0.5, 0.6) is 0 Å². The van der Waals surface area contributed by atoms with Crippen LogP contribution in [0.1, 0.15) is 25.3 Å². The van der Waals surface area contributed by atoms with Crippen LogP contribution >= 0.6 is 0 Å². The van der Waals surface area contributed by atoms with Crippen LogP contribution in [0.3, 0.4) is 0 Å². The van der Waals surface area contributed by atoms with Gasteiger partial charge in [-0.1, -0.05) is 6.07 Å². The summed E-state index contributed by atoms with van der Waals surface area (Å²) in [7, 11) is 0. The average molecular weight is 361 g/mol. The topological polar surface area (TPSA) is 101 Å². The number of amides is 2. The maximum atomic E-state index is 12.5. The molecule has 2 N–H and O–H groups in total. The number of nitrogens with zero attached hydrogens (tertiary/aromatic N) is 2. The Labute approximate surface area is 151 Å². The standard InChI is InChI=1S/C18H23N3O5/c1-13-15(26-10-9-25-13)16(22)21-7-4-18(24,5-8-21)17(23)20-12-14-3-2-6-19-11-14/h2-3,6,11,24H,4-5,7-10,12H2,1H3,(H,20,23). The number of hydrogen-bond acceptors (Lipinski definition) is 6. The van der Waals surface area contributed by atoms with E-state index in [0.717, 1.165) is 5.56 Å². The van der Waals surface area contributed by atoms with Crippen molar-refractivity contribution in [2.75, 3.05) is 26.3 Å². The number of nitrogens with one attached hydrogen (secondary N) is 1. The third-order valence-corrected chi connectivity index (χ3v) is 4.64. The molecule has 8 heteroatoms. The number of carbonyl (C=O) groups excluding carboxylic acids is 2. The molecule has 1 saturated heterocycles. The molecule has 0 saturated carbocycles. The molecular formula is C18H23N3O5. The summed E-state index contributed by atoms with van der Waals surface area (Å²) in [4.78, 5) is 30.5. The summed E-state index contributed by atoms with van der Waals surface area (Å²) in [6, 6.07) is 3.63. The fourth-order valence-corrected chi connectivity index (χ4v) is 3.02. The average Bonchev–Trinajstić information content (AvgIpc) is 2.67. The Morgan fingerprint density at radius 3 is 2.69 bits per heavy atom. The summed E-state index contributed by atoms with van der Waals surface area (Å²) >= 11 is 0. The molecule has 0 aliphatic carbocycles. The maximum Gasteiger partial charge on any atom is 0.292 e. The molecule has 0 radical (unpaired) electrons. The van der Waals surface area contributed by atoms with Gasteiger partial charge >= 0.3 is 0 Å². The minimum atomic E-state index is -1.48. The quantitative estimate of drug-likeness (QED) is 0.802. The molecule has 0 spiro atoms. The van der Waals surface area contributed by atoms with Gasteiger partial charge in [-0.3, -0.25) is 14.6 Å². The Morgan fingerprint density at radius 1 is 1.31 bits per heavy atom. The number of allylic oxidation sites excluding steroid dienone is 1. The monoisotopic (exact) mass is 361 g/mol. The van der Waals surface area contributed by atoms with Crippen LogP contribution in [-0.4, -0.2) is 58.7 Å². The second kappa shape index (κ2) is 7.74. The van der Waals surface area contributed by atoms with Gasteiger partial charge in [-0.25, -0.2) is 0 Å². The van der Waals surface area contributed by atoms with Crippen LogP contribution < -0.4 is 5.32 Å². The lowest BCUT2D eigenvalue weighted by atomic mass is 9.90. The van der Waals surface area contributed by atoms with E-state index in [2.05, 4.69) is 10.3 Å². The minimum absolute atomic E-state index is 0.171. The molecule has 3 rings (SSSR count). The van der Waals surface area contributed by atoms with Crippen LogP contribution in [0, 0.1) is 0 Å². The molecule has 140 valence electrons. The summed E-state index contributed by atoms with van der Waals surface area (Å²) in [5.41, 5.74) is -0.624. The summed E-state index contributed by atoms with van der Waals surface area (Å²) in [5, 5.41) is 13.4. The van der Waals surface area contributed by atoms with Crippen LogP contribution in [0.25, 0.3) is 0 Å². The van der Waals surface area contributed by atoms with Crippen molar-refractivity contribution in [3.63, 3.8) is 0 Å². The van der Waals surface area contributed by atoms with E-state index in [1.807, 2.05) is 6.07 Å². The second-order valence-corrected chi connectivity index (χ2v) is 6.45. The Bertz CT molecular complexity index is 696. The van der Waals surface area contributed by atoms with Crippen LogP contribution in [0.2, 0.25) is 0 Å². The lowest BCUT2D eigenvalue weighted by molar-refractivity contribution is -0.150. The first-order valence-electron chi connectivity index (χ1n) is 8.65. The first-order valence-corrected chi connectivity index (χ1v) is 8.65. The van der Waals surface area contributed by atoms with E-state index in [-0.39, 0.29) is 37.6 Å². The molecule has 3 heterocycles. The molecule has 1 aromatic rings. The number of rotatable bonds is 4. The van der Waals surface area contributed by atoms with Gasteiger partial charge in [-0.05, 0) is 18.6 Å². The lowest BCUT2D eigenvalue weighted by Crippen LogP contribution is -2.55. The summed E-state index contributed by atoms with van der Waals surface area (Å²) < 4.78 is 10.8. The smallest absolute Gasteiger partial charge is 0.292 e. The molecule has 1 aromatic heterocycles. The Morgan fingerprint density at radius 2 is 2.04 bits per heavy atom. The molecule has 0 bridgehead atoms. The van der Waals surface area contributed by atoms with Crippen molar-refractivity contribution >= 4 is 11.8 Å². The van der Waals surface area contributed by atoms with Gasteiger partial charge in [0.2, 0.25) is 5.76 Å². The number of likely N-dealkylation sites (tertiary alicyclic amines) is 1. The van der Waals surface area contributed by atoms with E-state index in [1.54, 1.807) is 30.3 Å². The first-order chi connectivity index (χ1) is 12.5. The highest BCUT2D eigenvalue weighted by Gasteiger charge is 2.41. The van der Waals surface area contributed by atoms with Crippen LogP contribution in [0.15, 0.2) is 36.0 Å². The van der Waals surface area contributed by atoms with Gasteiger partial charge in [0, 0.05) is 44.9 Å². The molecule has 0 aromatic carbocycles. The number of hydrogen-bond donors (Lipinski definition) is 2. The maximum absolute atomic E-state index is 12.5. The van der Waals surface area contributed by atoms with E-state index < -0.39 is 11.5 Å². The van der Waals surface area contributed by atoms with E-state index >= 15 is 0 Å². The van der Waals surface area contributed by atoms with Gasteiger partial charge < -0.3 is 24.8 Å².